The van der Waals surface area contributed by atoms with Crippen molar-refractivity contribution in [1.82, 2.24) is 0 Å². The second-order valence-corrected chi connectivity index (χ2v) is 9.03. The van der Waals surface area contributed by atoms with Crippen molar-refractivity contribution in [2.75, 3.05) is 36.2 Å². The fourth-order valence-corrected chi connectivity index (χ4v) is 4.30. The molecule has 4 nitrogen and oxygen atoms in total. The Morgan fingerprint density at radius 1 is 0.733 bits per heavy atom. The molecule has 30 heavy (non-hydrogen) atoms. The van der Waals surface area contributed by atoms with E-state index in [2.05, 4.69) is 24.3 Å². The normalized spacial score (nSPS) is 11.3. The summed E-state index contributed by atoms with van der Waals surface area (Å²) < 4.78 is 10.2. The van der Waals surface area contributed by atoms with E-state index >= 15 is 0 Å². The molecule has 1 aromatic rings. The van der Waals surface area contributed by atoms with E-state index in [1.165, 1.54) is 23.3 Å². The molecule has 0 atom stereocenters. The number of thioether (sulfide) groups is 2. The fourth-order valence-electron chi connectivity index (χ4n) is 2.49. The van der Waals surface area contributed by atoms with Gasteiger partial charge in [0, 0.05) is 12.2 Å². The van der Waals surface area contributed by atoms with E-state index in [1.807, 2.05) is 23.5 Å². The molecule has 6 heteroatoms. The molecule has 166 valence electrons. The SMILES string of the molecule is CC=CC(=O)OCCCSCCc1ccc(CCSCCCOC(=O)C=CC)cc1. The third kappa shape index (κ3) is 14.3. The van der Waals surface area contributed by atoms with E-state index in [-0.39, 0.29) is 11.9 Å². The van der Waals surface area contributed by atoms with Crippen LogP contribution >= 0.6 is 23.5 Å². The molecule has 0 aliphatic heterocycles. The lowest BCUT2D eigenvalue weighted by Gasteiger charge is -2.06. The maximum Gasteiger partial charge on any atom is 0.330 e. The van der Waals surface area contributed by atoms with Gasteiger partial charge >= 0.3 is 11.9 Å². The van der Waals surface area contributed by atoms with Gasteiger partial charge in [-0.3, -0.25) is 0 Å². The summed E-state index contributed by atoms with van der Waals surface area (Å²) in [6.07, 6.45) is 10.2. The molecule has 0 fully saturated rings. The highest BCUT2D eigenvalue weighted by atomic mass is 32.2. The van der Waals surface area contributed by atoms with Crippen LogP contribution in [-0.4, -0.2) is 48.2 Å². The molecule has 0 aliphatic rings. The second-order valence-electron chi connectivity index (χ2n) is 6.58. The van der Waals surface area contributed by atoms with Gasteiger partial charge in [-0.15, -0.1) is 0 Å². The predicted molar refractivity (Wildman–Crippen MR) is 129 cm³/mol. The lowest BCUT2D eigenvalue weighted by atomic mass is 10.1. The van der Waals surface area contributed by atoms with E-state index in [0.717, 1.165) is 48.7 Å². The Balaban J connectivity index is 2.02. The molecule has 0 bridgehead atoms. The van der Waals surface area contributed by atoms with Crippen LogP contribution in [0, 0.1) is 0 Å². The van der Waals surface area contributed by atoms with Crippen LogP contribution in [0.25, 0.3) is 0 Å². The standard InChI is InChI=1S/C24H34O4S2/c1-3-7-23(25)27-15-5-17-29-19-13-21-9-11-22(12-10-21)14-20-30-18-6-16-28-24(26)8-4-2/h3-4,7-12H,5-6,13-20H2,1-2H3. The summed E-state index contributed by atoms with van der Waals surface area (Å²) >= 11 is 3.79. The lowest BCUT2D eigenvalue weighted by Crippen LogP contribution is -2.03. The number of carbonyl (C=O) groups excluding carboxylic acids is 2. The Morgan fingerprint density at radius 2 is 1.13 bits per heavy atom. The average Bonchev–Trinajstić information content (AvgIpc) is 2.73. The van der Waals surface area contributed by atoms with Crippen LogP contribution in [0.1, 0.15) is 37.8 Å². The second kappa shape index (κ2) is 18.1. The monoisotopic (exact) mass is 450 g/mol. The molecular formula is C24H34O4S2. The van der Waals surface area contributed by atoms with Gasteiger partial charge < -0.3 is 9.47 Å². The Bertz CT molecular complexity index is 597. The summed E-state index contributed by atoms with van der Waals surface area (Å²) in [5, 5.41) is 0. The Hall–Kier alpha value is -1.66. The summed E-state index contributed by atoms with van der Waals surface area (Å²) in [6, 6.07) is 8.89. The van der Waals surface area contributed by atoms with Crippen molar-refractivity contribution in [1.29, 1.82) is 0 Å². The number of ether oxygens (including phenoxy) is 2. The van der Waals surface area contributed by atoms with E-state index in [4.69, 9.17) is 9.47 Å². The number of benzene rings is 1. The minimum atomic E-state index is -0.258. The zero-order chi connectivity index (χ0) is 21.9. The zero-order valence-electron chi connectivity index (χ0n) is 18.1. The first-order chi connectivity index (χ1) is 14.7. The van der Waals surface area contributed by atoms with Gasteiger partial charge in [-0.05, 0) is 73.7 Å². The molecule has 0 radical (unpaired) electrons. The van der Waals surface area contributed by atoms with E-state index < -0.39 is 0 Å². The van der Waals surface area contributed by atoms with Crippen molar-refractivity contribution in [3.05, 3.63) is 59.7 Å². The molecule has 0 amide bonds. The average molecular weight is 451 g/mol. The van der Waals surface area contributed by atoms with Crippen LogP contribution in [0.3, 0.4) is 0 Å². The Morgan fingerprint density at radius 3 is 1.50 bits per heavy atom. The molecule has 0 N–H and O–H groups in total. The van der Waals surface area contributed by atoms with Crippen molar-refractivity contribution in [3.8, 4) is 0 Å². The summed E-state index contributed by atoms with van der Waals surface area (Å²) in [6.45, 7) is 4.59. The molecule has 0 heterocycles. The van der Waals surface area contributed by atoms with Gasteiger partial charge in [0.2, 0.25) is 0 Å². The summed E-state index contributed by atoms with van der Waals surface area (Å²) in [5.74, 6) is 3.66. The van der Waals surface area contributed by atoms with Crippen LogP contribution in [0.5, 0.6) is 0 Å². The Kier molecular flexibility index (Phi) is 15.9. The van der Waals surface area contributed by atoms with Crippen LogP contribution in [0.15, 0.2) is 48.6 Å². The number of esters is 2. The smallest absolute Gasteiger partial charge is 0.330 e. The molecule has 0 unspecified atom stereocenters. The molecule has 0 spiro atoms. The van der Waals surface area contributed by atoms with E-state index in [1.54, 1.807) is 26.0 Å². The molecule has 1 rings (SSSR count). The first-order valence-electron chi connectivity index (χ1n) is 10.5. The third-order valence-corrected chi connectivity index (χ3v) is 6.19. The number of carbonyl (C=O) groups is 2. The third-order valence-electron chi connectivity index (χ3n) is 4.05. The molecular weight excluding hydrogens is 416 g/mol. The summed E-state index contributed by atoms with van der Waals surface area (Å²) in [4.78, 5) is 22.4. The van der Waals surface area contributed by atoms with E-state index in [0.29, 0.717) is 13.2 Å². The maximum absolute atomic E-state index is 11.2. The minimum Gasteiger partial charge on any atom is -0.463 e. The number of hydrogen-bond acceptors (Lipinski definition) is 6. The van der Waals surface area contributed by atoms with Gasteiger partial charge in [0.25, 0.3) is 0 Å². The van der Waals surface area contributed by atoms with Gasteiger partial charge in [-0.2, -0.15) is 23.5 Å². The van der Waals surface area contributed by atoms with Crippen LogP contribution in [-0.2, 0) is 31.9 Å². The predicted octanol–water partition coefficient (Wildman–Crippen LogP) is 5.26. The van der Waals surface area contributed by atoms with Gasteiger partial charge in [0.15, 0.2) is 0 Å². The topological polar surface area (TPSA) is 52.6 Å². The van der Waals surface area contributed by atoms with Crippen molar-refractivity contribution in [2.24, 2.45) is 0 Å². The molecule has 0 saturated heterocycles. The van der Waals surface area contributed by atoms with Crippen LogP contribution < -0.4 is 0 Å². The van der Waals surface area contributed by atoms with Crippen LogP contribution in [0.2, 0.25) is 0 Å². The molecule has 0 saturated carbocycles. The molecule has 0 aliphatic carbocycles. The molecule has 0 aromatic heterocycles. The Labute approximate surface area is 189 Å². The van der Waals surface area contributed by atoms with Gasteiger partial charge in [0.05, 0.1) is 13.2 Å². The highest BCUT2D eigenvalue weighted by Crippen LogP contribution is 2.12. The highest BCUT2D eigenvalue weighted by Gasteiger charge is 2.00. The summed E-state index contributed by atoms with van der Waals surface area (Å²) in [5.41, 5.74) is 2.72. The van der Waals surface area contributed by atoms with Crippen molar-refractivity contribution in [3.63, 3.8) is 0 Å². The van der Waals surface area contributed by atoms with Crippen molar-refractivity contribution in [2.45, 2.75) is 39.5 Å². The first-order valence-corrected chi connectivity index (χ1v) is 12.8. The van der Waals surface area contributed by atoms with Gasteiger partial charge in [0.1, 0.15) is 0 Å². The number of allylic oxidation sites excluding steroid dienone is 2. The number of hydrogen-bond donors (Lipinski definition) is 0. The van der Waals surface area contributed by atoms with Crippen molar-refractivity contribution < 1.29 is 19.1 Å². The van der Waals surface area contributed by atoms with E-state index in [9.17, 15) is 9.59 Å². The molecule has 1 aromatic carbocycles. The largest absolute Gasteiger partial charge is 0.463 e. The van der Waals surface area contributed by atoms with Crippen molar-refractivity contribution >= 4 is 35.5 Å². The summed E-state index contributed by atoms with van der Waals surface area (Å²) in [7, 11) is 0. The number of rotatable bonds is 16. The van der Waals surface area contributed by atoms with Gasteiger partial charge in [-0.25, -0.2) is 9.59 Å². The lowest BCUT2D eigenvalue weighted by molar-refractivity contribution is -0.138. The zero-order valence-corrected chi connectivity index (χ0v) is 19.8. The first kappa shape index (κ1) is 26.4. The fraction of sp³-hybridized carbons (Fsp3) is 0.500. The quantitative estimate of drug-likeness (QED) is 0.195. The highest BCUT2D eigenvalue weighted by molar-refractivity contribution is 7.99. The number of aryl methyl sites for hydroxylation is 2. The minimum absolute atomic E-state index is 0.258. The maximum atomic E-state index is 11.2. The van der Waals surface area contributed by atoms with Gasteiger partial charge in [-0.1, -0.05) is 36.4 Å². The van der Waals surface area contributed by atoms with Crippen LogP contribution in [0.4, 0.5) is 0 Å².